The third kappa shape index (κ3) is 10.3. The topological polar surface area (TPSA) is 65.0 Å². The third-order valence-electron chi connectivity index (χ3n) is 3.53. The predicted octanol–water partition coefficient (Wildman–Crippen LogP) is 5.38. The molecule has 0 amide bonds. The number of hydrogen-bond acceptors (Lipinski definition) is 5. The Morgan fingerprint density at radius 2 is 1.32 bits per heavy atom. The van der Waals surface area contributed by atoms with Crippen molar-refractivity contribution in [3.63, 3.8) is 0 Å². The maximum absolute atomic E-state index is 13.0. The average molecular weight is 405 g/mol. The smallest absolute Gasteiger partial charge is 0.404 e. The molecule has 5 nitrogen and oxygen atoms in total. The summed E-state index contributed by atoms with van der Waals surface area (Å²) in [7, 11) is -6.26. The Labute approximate surface area is 154 Å². The van der Waals surface area contributed by atoms with Gasteiger partial charge in [-0.1, -0.05) is 51.4 Å². The lowest BCUT2D eigenvalue weighted by molar-refractivity contribution is 0.167. The molecule has 25 heavy (non-hydrogen) atoms. The van der Waals surface area contributed by atoms with Crippen LogP contribution >= 0.6 is 7.82 Å². The van der Waals surface area contributed by atoms with Crippen molar-refractivity contribution in [1.29, 1.82) is 0 Å². The van der Waals surface area contributed by atoms with E-state index in [9.17, 15) is 4.57 Å². The minimum atomic E-state index is -3.65. The van der Waals surface area contributed by atoms with Gasteiger partial charge in [-0.15, -0.1) is 0 Å². The van der Waals surface area contributed by atoms with Crippen molar-refractivity contribution in [2.75, 3.05) is 13.2 Å². The average Bonchev–Trinajstić information content (AvgIpc) is 2.45. The van der Waals surface area contributed by atoms with Gasteiger partial charge in [-0.05, 0) is 29.8 Å². The second kappa shape index (κ2) is 9.49. The number of rotatable bonds is 11. The lowest BCUT2D eigenvalue weighted by atomic mass is 10.2. The first kappa shape index (κ1) is 22.6. The first-order valence-electron chi connectivity index (χ1n) is 8.71. The van der Waals surface area contributed by atoms with Crippen LogP contribution in [-0.2, 0) is 20.2 Å². The Bertz CT molecular complexity index is 540. The monoisotopic (exact) mass is 404 g/mol. The van der Waals surface area contributed by atoms with Crippen LogP contribution in [0.15, 0.2) is 24.3 Å². The maximum Gasteiger partial charge on any atom is 0.530 e. The Morgan fingerprint density at radius 3 is 1.68 bits per heavy atom. The van der Waals surface area contributed by atoms with Crippen LogP contribution in [0.3, 0.4) is 0 Å². The molecular formula is C17H33O5PSi2. The fourth-order valence-electron chi connectivity index (χ4n) is 1.80. The number of hydrogen-bond donors (Lipinski definition) is 1. The molecule has 0 heterocycles. The zero-order valence-electron chi connectivity index (χ0n) is 16.4. The quantitative estimate of drug-likeness (QED) is 0.396. The molecule has 1 aromatic carbocycles. The molecule has 0 aliphatic heterocycles. The number of benzene rings is 1. The van der Waals surface area contributed by atoms with Gasteiger partial charge in [0.25, 0.3) is 0 Å². The van der Waals surface area contributed by atoms with Crippen molar-refractivity contribution in [2.24, 2.45) is 0 Å². The van der Waals surface area contributed by atoms with Crippen LogP contribution in [0.1, 0.15) is 5.56 Å². The van der Waals surface area contributed by atoms with Gasteiger partial charge in [0.15, 0.2) is 0 Å². The van der Waals surface area contributed by atoms with Gasteiger partial charge in [-0.2, -0.15) is 0 Å². The highest BCUT2D eigenvalue weighted by Crippen LogP contribution is 2.50. The molecule has 144 valence electrons. The predicted molar refractivity (Wildman–Crippen MR) is 109 cm³/mol. The van der Waals surface area contributed by atoms with Crippen LogP contribution in [0.5, 0.6) is 5.75 Å². The van der Waals surface area contributed by atoms with Gasteiger partial charge in [0, 0.05) is 16.1 Å². The summed E-state index contributed by atoms with van der Waals surface area (Å²) >= 11 is 0. The van der Waals surface area contributed by atoms with E-state index in [-0.39, 0.29) is 6.61 Å². The van der Waals surface area contributed by atoms with Crippen LogP contribution in [0.25, 0.3) is 0 Å². The molecule has 1 aromatic rings. The third-order valence-corrected chi connectivity index (χ3v) is 8.37. The molecule has 8 heteroatoms. The number of phosphoric acid groups is 1. The molecule has 0 aliphatic rings. The van der Waals surface area contributed by atoms with Crippen LogP contribution in [0.4, 0.5) is 0 Å². The van der Waals surface area contributed by atoms with E-state index in [1.165, 1.54) is 0 Å². The maximum atomic E-state index is 13.0. The number of phosphoric ester groups is 1. The van der Waals surface area contributed by atoms with Crippen LogP contribution in [0, 0.1) is 0 Å². The van der Waals surface area contributed by atoms with Gasteiger partial charge in [0.1, 0.15) is 5.75 Å². The molecule has 0 aromatic heterocycles. The fourth-order valence-corrected chi connectivity index (χ4v) is 4.76. The first-order valence-corrected chi connectivity index (χ1v) is 17.6. The molecule has 0 saturated carbocycles. The van der Waals surface area contributed by atoms with Crippen molar-refractivity contribution in [1.82, 2.24) is 0 Å². The SMILES string of the molecule is C[Si](C)(C)CCOP(=O)(OCC[Si](C)(C)C)Oc1ccc(CO)cc1. The Hall–Kier alpha value is -0.436. The van der Waals surface area contributed by atoms with Crippen molar-refractivity contribution < 1.29 is 23.2 Å². The molecule has 0 saturated heterocycles. The molecule has 0 fully saturated rings. The standard InChI is InChI=1S/C17H33O5PSi2/c1-24(2,3)13-11-20-23(19,21-12-14-25(4,5)6)22-17-9-7-16(15-18)8-10-17/h7-10,18H,11-15H2,1-6H3. The van der Waals surface area contributed by atoms with E-state index in [2.05, 4.69) is 39.3 Å². The summed E-state index contributed by atoms with van der Waals surface area (Å²) in [5, 5.41) is 9.11. The summed E-state index contributed by atoms with van der Waals surface area (Å²) in [5.41, 5.74) is 0.765. The van der Waals surface area contributed by atoms with E-state index in [1.807, 2.05) is 0 Å². The van der Waals surface area contributed by atoms with Gasteiger partial charge < -0.3 is 9.63 Å². The van der Waals surface area contributed by atoms with Crippen molar-refractivity contribution in [3.05, 3.63) is 29.8 Å². The fraction of sp³-hybridized carbons (Fsp3) is 0.647. The minimum Gasteiger partial charge on any atom is -0.404 e. The highest BCUT2D eigenvalue weighted by molar-refractivity contribution is 7.48. The van der Waals surface area contributed by atoms with E-state index < -0.39 is 24.0 Å². The molecule has 0 spiro atoms. The van der Waals surface area contributed by atoms with E-state index in [0.29, 0.717) is 19.0 Å². The van der Waals surface area contributed by atoms with E-state index in [4.69, 9.17) is 18.7 Å². The van der Waals surface area contributed by atoms with Crippen LogP contribution in [-0.4, -0.2) is 34.5 Å². The lowest BCUT2D eigenvalue weighted by Gasteiger charge is -2.22. The highest BCUT2D eigenvalue weighted by atomic mass is 31.2. The molecular weight excluding hydrogens is 371 g/mol. The van der Waals surface area contributed by atoms with E-state index in [1.54, 1.807) is 24.3 Å². The zero-order valence-corrected chi connectivity index (χ0v) is 19.3. The highest BCUT2D eigenvalue weighted by Gasteiger charge is 2.30. The Kier molecular flexibility index (Phi) is 8.58. The minimum absolute atomic E-state index is 0.0443. The van der Waals surface area contributed by atoms with Gasteiger partial charge >= 0.3 is 7.82 Å². The molecule has 0 aliphatic carbocycles. The molecule has 1 N–H and O–H groups in total. The van der Waals surface area contributed by atoms with Gasteiger partial charge in [0.2, 0.25) is 0 Å². The van der Waals surface area contributed by atoms with Crippen LogP contribution < -0.4 is 4.52 Å². The molecule has 0 radical (unpaired) electrons. The Morgan fingerprint density at radius 1 is 0.880 bits per heavy atom. The normalized spacial score (nSPS) is 13.1. The summed E-state index contributed by atoms with van der Waals surface area (Å²) in [6.45, 7) is 14.1. The first-order chi connectivity index (χ1) is 11.4. The second-order valence-electron chi connectivity index (χ2n) is 8.63. The molecule has 0 atom stereocenters. The van der Waals surface area contributed by atoms with Crippen molar-refractivity contribution in [2.45, 2.75) is 58.0 Å². The van der Waals surface area contributed by atoms with Gasteiger partial charge in [0.05, 0.1) is 19.8 Å². The molecule has 0 bridgehead atoms. The number of aliphatic hydroxyl groups excluding tert-OH is 1. The van der Waals surface area contributed by atoms with Crippen molar-refractivity contribution >= 4 is 24.0 Å². The summed E-state index contributed by atoms with van der Waals surface area (Å²) in [6.07, 6.45) is 0. The van der Waals surface area contributed by atoms with Gasteiger partial charge in [-0.25, -0.2) is 4.57 Å². The molecule has 1 rings (SSSR count). The van der Waals surface area contributed by atoms with E-state index >= 15 is 0 Å². The number of aliphatic hydroxyl groups is 1. The van der Waals surface area contributed by atoms with Crippen molar-refractivity contribution in [3.8, 4) is 5.75 Å². The summed E-state index contributed by atoms with van der Waals surface area (Å²) in [4.78, 5) is 0. The Balaban J connectivity index is 2.75. The largest absolute Gasteiger partial charge is 0.530 e. The van der Waals surface area contributed by atoms with E-state index in [0.717, 1.165) is 17.7 Å². The summed E-state index contributed by atoms with van der Waals surface area (Å²) in [5.74, 6) is 0.418. The summed E-state index contributed by atoms with van der Waals surface area (Å²) in [6, 6.07) is 8.57. The van der Waals surface area contributed by atoms with Gasteiger partial charge in [-0.3, -0.25) is 9.05 Å². The zero-order chi connectivity index (χ0) is 19.1. The second-order valence-corrected chi connectivity index (χ2v) is 21.5. The van der Waals surface area contributed by atoms with Crippen LogP contribution in [0.2, 0.25) is 51.4 Å². The molecule has 0 unspecified atom stereocenters. The summed E-state index contributed by atoms with van der Waals surface area (Å²) < 4.78 is 29.8. The lowest BCUT2D eigenvalue weighted by Crippen LogP contribution is -2.23.